The lowest BCUT2D eigenvalue weighted by atomic mass is 10.2. The maximum atomic E-state index is 5.81. The van der Waals surface area contributed by atoms with E-state index in [2.05, 4.69) is 23.8 Å². The molecule has 0 spiro atoms. The second-order valence-electron chi connectivity index (χ2n) is 5.93. The fourth-order valence-corrected chi connectivity index (χ4v) is 2.35. The van der Waals surface area contributed by atoms with Crippen LogP contribution < -0.4 is 15.2 Å². The van der Waals surface area contributed by atoms with Crippen molar-refractivity contribution in [2.45, 2.75) is 13.8 Å². The number of hydrogen-bond donors (Lipinski definition) is 2. The summed E-state index contributed by atoms with van der Waals surface area (Å²) in [6.07, 6.45) is 0. The highest BCUT2D eigenvalue weighted by Gasteiger charge is 2.11. The van der Waals surface area contributed by atoms with Crippen LogP contribution in [0.2, 0.25) is 0 Å². The topological polar surface area (TPSA) is 73.2 Å². The average molecular weight is 311 g/mol. The van der Waals surface area contributed by atoms with Crippen LogP contribution in [-0.4, -0.2) is 23.7 Å². The lowest BCUT2D eigenvalue weighted by Crippen LogP contribution is -2.05. The summed E-state index contributed by atoms with van der Waals surface area (Å²) in [6.45, 7) is 4.88. The third kappa shape index (κ3) is 3.23. The summed E-state index contributed by atoms with van der Waals surface area (Å²) in [4.78, 5) is 7.88. The number of nitrogen functional groups attached to an aromatic ring is 1. The van der Waals surface area contributed by atoms with Crippen LogP contribution in [0, 0.1) is 5.92 Å². The molecule has 0 aliphatic carbocycles. The molecule has 1 heterocycles. The Balaban J connectivity index is 1.95. The van der Waals surface area contributed by atoms with Crippen molar-refractivity contribution in [3.63, 3.8) is 0 Å². The lowest BCUT2D eigenvalue weighted by Gasteiger charge is -2.13. The second kappa shape index (κ2) is 6.20. The van der Waals surface area contributed by atoms with E-state index in [1.54, 1.807) is 7.11 Å². The molecule has 120 valence electrons. The van der Waals surface area contributed by atoms with Gasteiger partial charge in [-0.05, 0) is 42.3 Å². The van der Waals surface area contributed by atoms with Crippen molar-refractivity contribution in [3.8, 4) is 22.9 Å². The SMILES string of the molecule is COc1cc(-c2nc3ccc(N)cc3[nH]2)ccc1OCC(C)C. The predicted octanol–water partition coefficient (Wildman–Crippen LogP) is 3.86. The quantitative estimate of drug-likeness (QED) is 0.702. The molecule has 0 fully saturated rings. The Kier molecular flexibility index (Phi) is 4.10. The van der Waals surface area contributed by atoms with Gasteiger partial charge in [0.1, 0.15) is 5.82 Å². The van der Waals surface area contributed by atoms with E-state index in [9.17, 15) is 0 Å². The van der Waals surface area contributed by atoms with E-state index in [1.807, 2.05) is 36.4 Å². The lowest BCUT2D eigenvalue weighted by molar-refractivity contribution is 0.257. The molecule has 0 unspecified atom stereocenters. The molecule has 0 aliphatic rings. The van der Waals surface area contributed by atoms with Gasteiger partial charge in [-0.1, -0.05) is 13.8 Å². The molecule has 5 nitrogen and oxygen atoms in total. The minimum Gasteiger partial charge on any atom is -0.493 e. The summed E-state index contributed by atoms with van der Waals surface area (Å²) in [6, 6.07) is 11.4. The highest BCUT2D eigenvalue weighted by atomic mass is 16.5. The number of benzene rings is 2. The molecule has 0 saturated heterocycles. The Labute approximate surface area is 135 Å². The highest BCUT2D eigenvalue weighted by molar-refractivity contribution is 5.82. The third-order valence-corrected chi connectivity index (χ3v) is 3.52. The Morgan fingerprint density at radius 3 is 2.70 bits per heavy atom. The summed E-state index contributed by atoms with van der Waals surface area (Å²) >= 11 is 0. The van der Waals surface area contributed by atoms with Gasteiger partial charge in [0.05, 0.1) is 24.8 Å². The Hall–Kier alpha value is -2.69. The van der Waals surface area contributed by atoms with E-state index in [0.29, 0.717) is 24.0 Å². The van der Waals surface area contributed by atoms with Gasteiger partial charge in [-0.2, -0.15) is 0 Å². The molecule has 0 radical (unpaired) electrons. The van der Waals surface area contributed by atoms with Crippen LogP contribution >= 0.6 is 0 Å². The summed E-state index contributed by atoms with van der Waals surface area (Å²) < 4.78 is 11.2. The van der Waals surface area contributed by atoms with Gasteiger partial charge in [0.15, 0.2) is 11.5 Å². The molecule has 5 heteroatoms. The maximum Gasteiger partial charge on any atom is 0.161 e. The van der Waals surface area contributed by atoms with E-state index in [4.69, 9.17) is 15.2 Å². The average Bonchev–Trinajstić information content (AvgIpc) is 2.95. The predicted molar refractivity (Wildman–Crippen MR) is 92.8 cm³/mol. The molecule has 0 aliphatic heterocycles. The zero-order valence-corrected chi connectivity index (χ0v) is 13.6. The second-order valence-corrected chi connectivity index (χ2v) is 5.93. The zero-order valence-electron chi connectivity index (χ0n) is 13.6. The van der Waals surface area contributed by atoms with Crippen molar-refractivity contribution in [1.29, 1.82) is 0 Å². The molecule has 2 aromatic carbocycles. The highest BCUT2D eigenvalue weighted by Crippen LogP contribution is 2.32. The number of nitrogens with two attached hydrogens (primary N) is 1. The van der Waals surface area contributed by atoms with E-state index in [1.165, 1.54) is 0 Å². The fourth-order valence-electron chi connectivity index (χ4n) is 2.35. The largest absolute Gasteiger partial charge is 0.493 e. The van der Waals surface area contributed by atoms with Crippen LogP contribution in [0.3, 0.4) is 0 Å². The number of aromatic nitrogens is 2. The number of nitrogens with one attached hydrogen (secondary N) is 1. The van der Waals surface area contributed by atoms with Gasteiger partial charge in [-0.25, -0.2) is 4.98 Å². The van der Waals surface area contributed by atoms with Crippen LogP contribution in [0.5, 0.6) is 11.5 Å². The number of aromatic amines is 1. The zero-order chi connectivity index (χ0) is 16.4. The van der Waals surface area contributed by atoms with Gasteiger partial charge < -0.3 is 20.2 Å². The molecule has 3 N–H and O–H groups in total. The van der Waals surface area contributed by atoms with Crippen LogP contribution in [0.4, 0.5) is 5.69 Å². The van der Waals surface area contributed by atoms with Crippen LogP contribution in [-0.2, 0) is 0 Å². The monoisotopic (exact) mass is 311 g/mol. The van der Waals surface area contributed by atoms with E-state index in [0.717, 1.165) is 28.2 Å². The third-order valence-electron chi connectivity index (χ3n) is 3.52. The first-order valence-corrected chi connectivity index (χ1v) is 7.63. The van der Waals surface area contributed by atoms with E-state index >= 15 is 0 Å². The fraction of sp³-hybridized carbons (Fsp3) is 0.278. The minimum absolute atomic E-state index is 0.459. The molecule has 23 heavy (non-hydrogen) atoms. The first-order valence-electron chi connectivity index (χ1n) is 7.63. The summed E-state index contributed by atoms with van der Waals surface area (Å²) in [7, 11) is 1.64. The van der Waals surface area contributed by atoms with Crippen molar-refractivity contribution in [2.75, 3.05) is 19.5 Å². The van der Waals surface area contributed by atoms with Gasteiger partial charge in [-0.15, -0.1) is 0 Å². The number of methoxy groups -OCH3 is 1. The first-order chi connectivity index (χ1) is 11.1. The Morgan fingerprint density at radius 1 is 1.13 bits per heavy atom. The Bertz CT molecular complexity index is 824. The summed E-state index contributed by atoms with van der Waals surface area (Å²) in [5, 5.41) is 0. The van der Waals surface area contributed by atoms with Crippen LogP contribution in [0.1, 0.15) is 13.8 Å². The van der Waals surface area contributed by atoms with Gasteiger partial charge in [0.25, 0.3) is 0 Å². The Morgan fingerprint density at radius 2 is 1.96 bits per heavy atom. The minimum atomic E-state index is 0.459. The standard InChI is InChI=1S/C18H21N3O2/c1-11(2)10-23-16-7-4-12(8-17(16)22-3)18-20-14-6-5-13(19)9-15(14)21-18/h4-9,11H,10,19H2,1-3H3,(H,20,21). The van der Waals surface area contributed by atoms with Crippen molar-refractivity contribution >= 4 is 16.7 Å². The molecular weight excluding hydrogens is 290 g/mol. The van der Waals surface area contributed by atoms with Gasteiger partial charge in [-0.3, -0.25) is 0 Å². The molecule has 0 saturated carbocycles. The van der Waals surface area contributed by atoms with Crippen LogP contribution in [0.25, 0.3) is 22.4 Å². The molecule has 1 aromatic heterocycles. The number of anilines is 1. The number of fused-ring (bicyclic) bond motifs is 1. The van der Waals surface area contributed by atoms with E-state index in [-0.39, 0.29) is 0 Å². The summed E-state index contributed by atoms with van der Waals surface area (Å²) in [5.41, 5.74) is 9.26. The van der Waals surface area contributed by atoms with E-state index < -0.39 is 0 Å². The summed E-state index contributed by atoms with van der Waals surface area (Å²) in [5.74, 6) is 2.67. The number of rotatable bonds is 5. The van der Waals surface area contributed by atoms with Gasteiger partial charge in [0.2, 0.25) is 0 Å². The number of nitrogens with zero attached hydrogens (tertiary/aromatic N) is 1. The van der Waals surface area contributed by atoms with Gasteiger partial charge in [0, 0.05) is 11.3 Å². The molecule has 0 amide bonds. The maximum absolute atomic E-state index is 5.81. The number of ether oxygens (including phenoxy) is 2. The van der Waals surface area contributed by atoms with Crippen molar-refractivity contribution in [1.82, 2.24) is 9.97 Å². The van der Waals surface area contributed by atoms with Crippen molar-refractivity contribution in [3.05, 3.63) is 36.4 Å². The van der Waals surface area contributed by atoms with Crippen LogP contribution in [0.15, 0.2) is 36.4 Å². The first kappa shape index (κ1) is 15.2. The van der Waals surface area contributed by atoms with Crippen molar-refractivity contribution < 1.29 is 9.47 Å². The normalized spacial score (nSPS) is 11.1. The molecule has 0 atom stereocenters. The molecule has 3 rings (SSSR count). The number of H-pyrrole nitrogens is 1. The smallest absolute Gasteiger partial charge is 0.161 e. The van der Waals surface area contributed by atoms with Crippen molar-refractivity contribution in [2.24, 2.45) is 5.92 Å². The molecule has 3 aromatic rings. The number of hydrogen-bond acceptors (Lipinski definition) is 4. The molecular formula is C18H21N3O2. The number of imidazole rings is 1. The molecule has 0 bridgehead atoms. The van der Waals surface area contributed by atoms with Gasteiger partial charge >= 0.3 is 0 Å².